The number of H-pyrrole nitrogens is 1. The van der Waals surface area contributed by atoms with Crippen LogP contribution in [0.4, 0.5) is 0 Å². The summed E-state index contributed by atoms with van der Waals surface area (Å²) < 4.78 is 2.70. The topological polar surface area (TPSA) is 20.2 Å². The van der Waals surface area contributed by atoms with Gasteiger partial charge in [-0.05, 0) is 44.6 Å². The second-order valence-electron chi connectivity index (χ2n) is 11.9. The zero-order chi connectivity index (χ0) is 24.1. The molecule has 0 bridgehead atoms. The highest BCUT2D eigenvalue weighted by Crippen LogP contribution is 2.55. The second kappa shape index (κ2) is 5.76. The molecule has 3 aromatic heterocycles. The van der Waals surface area contributed by atoms with Crippen molar-refractivity contribution >= 4 is 56.5 Å². The maximum atomic E-state index is 3.78. The Hall–Kier alpha value is -3.82. The molecule has 2 aliphatic rings. The van der Waals surface area contributed by atoms with E-state index in [-0.39, 0.29) is 5.41 Å². The molecule has 0 amide bonds. The van der Waals surface area contributed by atoms with Crippen LogP contribution in [0.1, 0.15) is 25.0 Å². The number of benzene rings is 4. The Morgan fingerprint density at radius 3 is 2.31 bits per heavy atom. The average molecular weight is 479 g/mol. The number of hydrogen-bond acceptors (Lipinski definition) is 0. The van der Waals surface area contributed by atoms with Gasteiger partial charge in [0.2, 0.25) is 0 Å². The van der Waals surface area contributed by atoms with Gasteiger partial charge in [0, 0.05) is 38.2 Å². The first-order valence-corrected chi connectivity index (χ1v) is 16.0. The van der Waals surface area contributed by atoms with E-state index < -0.39 is 8.07 Å². The first-order chi connectivity index (χ1) is 17.4. The van der Waals surface area contributed by atoms with Crippen molar-refractivity contribution in [2.75, 3.05) is 0 Å². The summed E-state index contributed by atoms with van der Waals surface area (Å²) >= 11 is 0. The summed E-state index contributed by atoms with van der Waals surface area (Å²) in [5.74, 6) is 0. The van der Waals surface area contributed by atoms with Gasteiger partial charge in [0.05, 0.1) is 16.9 Å². The number of hydrogen-bond donors (Lipinski definition) is 1. The van der Waals surface area contributed by atoms with Gasteiger partial charge in [0.15, 0.2) is 0 Å². The van der Waals surface area contributed by atoms with Crippen LogP contribution in [0.25, 0.3) is 60.6 Å². The van der Waals surface area contributed by atoms with Crippen LogP contribution >= 0.6 is 0 Å². The Morgan fingerprint density at radius 2 is 1.44 bits per heavy atom. The molecule has 172 valence electrons. The molecule has 3 heteroatoms. The molecule has 36 heavy (non-hydrogen) atoms. The Morgan fingerprint density at radius 1 is 0.694 bits per heavy atom. The van der Waals surface area contributed by atoms with Crippen LogP contribution in [0.2, 0.25) is 13.1 Å². The van der Waals surface area contributed by atoms with Crippen LogP contribution in [-0.4, -0.2) is 17.5 Å². The Labute approximate surface area is 210 Å². The van der Waals surface area contributed by atoms with E-state index in [9.17, 15) is 0 Å². The van der Waals surface area contributed by atoms with Crippen molar-refractivity contribution in [3.8, 4) is 22.5 Å². The summed E-state index contributed by atoms with van der Waals surface area (Å²) in [7, 11) is -1.96. The maximum Gasteiger partial charge on any atom is 0.116 e. The predicted molar refractivity (Wildman–Crippen MR) is 155 cm³/mol. The van der Waals surface area contributed by atoms with Crippen molar-refractivity contribution in [1.29, 1.82) is 0 Å². The van der Waals surface area contributed by atoms with Crippen molar-refractivity contribution in [3.05, 3.63) is 90.0 Å². The highest BCUT2D eigenvalue weighted by Gasteiger charge is 2.45. The monoisotopic (exact) mass is 478 g/mol. The summed E-state index contributed by atoms with van der Waals surface area (Å²) in [5.41, 5.74) is 12.4. The van der Waals surface area contributed by atoms with Gasteiger partial charge < -0.3 is 9.38 Å². The minimum atomic E-state index is -1.96. The number of fused-ring (bicyclic) bond motifs is 10. The van der Waals surface area contributed by atoms with Gasteiger partial charge in [-0.1, -0.05) is 93.7 Å². The highest BCUT2D eigenvalue weighted by atomic mass is 28.3. The molecule has 0 saturated heterocycles. The van der Waals surface area contributed by atoms with E-state index in [0.717, 1.165) is 0 Å². The normalized spacial score (nSPS) is 16.8. The molecular weight excluding hydrogens is 452 g/mol. The maximum absolute atomic E-state index is 3.78. The summed E-state index contributed by atoms with van der Waals surface area (Å²) in [6.45, 7) is 9.92. The average Bonchev–Trinajstić information content (AvgIpc) is 3.52. The largest absolute Gasteiger partial charge is 0.354 e. The summed E-state index contributed by atoms with van der Waals surface area (Å²) in [5, 5.41) is 8.74. The number of nitrogens with zero attached hydrogens (tertiary/aromatic N) is 1. The smallest absolute Gasteiger partial charge is 0.116 e. The van der Waals surface area contributed by atoms with E-state index in [2.05, 4.69) is 115 Å². The van der Waals surface area contributed by atoms with Crippen molar-refractivity contribution in [2.45, 2.75) is 32.4 Å². The lowest BCUT2D eigenvalue weighted by Crippen LogP contribution is -2.49. The molecule has 4 aromatic carbocycles. The number of nitrogens with one attached hydrogen (secondary N) is 1. The molecule has 0 unspecified atom stereocenters. The number of aromatic nitrogens is 2. The highest BCUT2D eigenvalue weighted by molar-refractivity contribution is 7.05. The standard InChI is InChI=1S/C33H26N2Si/c1-33(2)22-13-7-5-10-18(22)30-28(33)21-16-17-24-27-26-20(12-9-14-23(26)34-24)32-31(35(30)29(21)27)19-11-6-8-15-25(19)36(32,3)4/h5-17,34H,1-4H3. The summed E-state index contributed by atoms with van der Waals surface area (Å²) in [6.07, 6.45) is 0. The lowest BCUT2D eigenvalue weighted by Gasteiger charge is -2.21. The van der Waals surface area contributed by atoms with Crippen LogP contribution in [0.5, 0.6) is 0 Å². The number of aromatic amines is 1. The first-order valence-electron chi connectivity index (χ1n) is 13.0. The lowest BCUT2D eigenvalue weighted by molar-refractivity contribution is 0.666. The zero-order valence-corrected chi connectivity index (χ0v) is 22.0. The predicted octanol–water partition coefficient (Wildman–Crippen LogP) is 7.27. The summed E-state index contributed by atoms with van der Waals surface area (Å²) in [4.78, 5) is 3.78. The molecule has 9 rings (SSSR count). The van der Waals surface area contributed by atoms with Gasteiger partial charge in [0.1, 0.15) is 8.07 Å². The first kappa shape index (κ1) is 19.4. The van der Waals surface area contributed by atoms with Gasteiger partial charge in [-0.15, -0.1) is 0 Å². The zero-order valence-electron chi connectivity index (χ0n) is 21.0. The molecule has 0 atom stereocenters. The van der Waals surface area contributed by atoms with Crippen LogP contribution in [0.3, 0.4) is 0 Å². The van der Waals surface area contributed by atoms with Gasteiger partial charge in [-0.25, -0.2) is 0 Å². The molecule has 0 radical (unpaired) electrons. The molecule has 1 aliphatic heterocycles. The molecule has 0 saturated carbocycles. The van der Waals surface area contributed by atoms with Gasteiger partial charge in [-0.3, -0.25) is 0 Å². The van der Waals surface area contributed by atoms with E-state index >= 15 is 0 Å². The van der Waals surface area contributed by atoms with Gasteiger partial charge in [-0.2, -0.15) is 0 Å². The molecule has 2 nitrogen and oxygen atoms in total. The fraction of sp³-hybridized carbons (Fsp3) is 0.152. The quantitative estimate of drug-likeness (QED) is 0.221. The van der Waals surface area contributed by atoms with Crippen LogP contribution in [0, 0.1) is 0 Å². The van der Waals surface area contributed by atoms with Crippen molar-refractivity contribution < 1.29 is 0 Å². The molecule has 4 heterocycles. The number of rotatable bonds is 0. The molecule has 7 aromatic rings. The SMILES string of the molecule is CC1(C)c2ccccc2-c2c1c1ccc3[nH]c4cccc5c6c(n2c1c3c45)-c1ccccc1[Si]6(C)C. The Bertz CT molecular complexity index is 2100. The van der Waals surface area contributed by atoms with Crippen LogP contribution < -0.4 is 10.4 Å². The van der Waals surface area contributed by atoms with Gasteiger partial charge in [0.25, 0.3) is 0 Å². The van der Waals surface area contributed by atoms with Crippen LogP contribution in [0.15, 0.2) is 78.9 Å². The minimum absolute atomic E-state index is 0.0525. The minimum Gasteiger partial charge on any atom is -0.354 e. The molecule has 0 fully saturated rings. The molecule has 1 aliphatic carbocycles. The fourth-order valence-corrected chi connectivity index (χ4v) is 11.4. The Balaban J connectivity index is 1.71. The molecular formula is C33H26N2Si. The third-order valence-electron chi connectivity index (χ3n) is 9.41. The van der Waals surface area contributed by atoms with Crippen molar-refractivity contribution in [1.82, 2.24) is 9.38 Å². The second-order valence-corrected chi connectivity index (χ2v) is 16.1. The fourth-order valence-electron chi connectivity index (χ4n) is 7.99. The molecule has 1 N–H and O–H groups in total. The van der Waals surface area contributed by atoms with E-state index in [1.807, 2.05) is 0 Å². The molecule has 0 spiro atoms. The van der Waals surface area contributed by atoms with Gasteiger partial charge >= 0.3 is 0 Å². The third-order valence-corrected chi connectivity index (χ3v) is 12.9. The lowest BCUT2D eigenvalue weighted by atomic mass is 9.81. The van der Waals surface area contributed by atoms with E-state index in [1.54, 1.807) is 10.4 Å². The van der Waals surface area contributed by atoms with E-state index in [4.69, 9.17) is 0 Å². The third kappa shape index (κ3) is 1.87. The Kier molecular flexibility index (Phi) is 3.10. The summed E-state index contributed by atoms with van der Waals surface area (Å²) in [6, 6.07) is 29.9. The van der Waals surface area contributed by atoms with Crippen LogP contribution in [-0.2, 0) is 5.41 Å². The van der Waals surface area contributed by atoms with E-state index in [0.29, 0.717) is 0 Å². The van der Waals surface area contributed by atoms with Crippen molar-refractivity contribution in [2.24, 2.45) is 0 Å². The van der Waals surface area contributed by atoms with E-state index in [1.165, 1.54) is 71.7 Å². The van der Waals surface area contributed by atoms with Crippen molar-refractivity contribution in [3.63, 3.8) is 0 Å².